The number of rotatable bonds is 4. The summed E-state index contributed by atoms with van der Waals surface area (Å²) >= 11 is 0. The van der Waals surface area contributed by atoms with Crippen molar-refractivity contribution in [1.29, 1.82) is 0 Å². The van der Waals surface area contributed by atoms with E-state index in [-0.39, 0.29) is 16.6 Å². The van der Waals surface area contributed by atoms with Crippen molar-refractivity contribution >= 4 is 22.6 Å². The van der Waals surface area contributed by atoms with Gasteiger partial charge in [0.15, 0.2) is 5.65 Å². The molecular weight excluding hydrogens is 384 g/mol. The van der Waals surface area contributed by atoms with Crippen LogP contribution in [0.5, 0.6) is 5.75 Å². The van der Waals surface area contributed by atoms with Gasteiger partial charge in [-0.15, -0.1) is 0 Å². The van der Waals surface area contributed by atoms with Gasteiger partial charge in [0.25, 0.3) is 11.5 Å². The summed E-state index contributed by atoms with van der Waals surface area (Å²) in [6, 6.07) is 17.2. The molecule has 0 spiro atoms. The van der Waals surface area contributed by atoms with Crippen molar-refractivity contribution in [3.63, 3.8) is 0 Å². The summed E-state index contributed by atoms with van der Waals surface area (Å²) in [4.78, 5) is 42.4. The Bertz CT molecular complexity index is 1360. The second-order valence-corrected chi connectivity index (χ2v) is 6.60. The third-order valence-electron chi connectivity index (χ3n) is 4.72. The number of amides is 1. The predicted octanol–water partition coefficient (Wildman–Crippen LogP) is 2.35. The first-order valence-corrected chi connectivity index (χ1v) is 9.12. The monoisotopic (exact) mass is 402 g/mol. The van der Waals surface area contributed by atoms with Crippen LogP contribution >= 0.6 is 0 Å². The molecule has 0 atom stereocenters. The number of nitrogens with zero attached hydrogens (tertiary/aromatic N) is 3. The van der Waals surface area contributed by atoms with E-state index in [1.807, 2.05) is 6.07 Å². The zero-order valence-electron chi connectivity index (χ0n) is 16.3. The summed E-state index contributed by atoms with van der Waals surface area (Å²) in [7, 11) is 2.94. The molecule has 0 saturated carbocycles. The molecule has 0 aliphatic heterocycles. The highest BCUT2D eigenvalue weighted by atomic mass is 16.5. The van der Waals surface area contributed by atoms with E-state index in [9.17, 15) is 14.4 Å². The summed E-state index contributed by atoms with van der Waals surface area (Å²) < 4.78 is 7.48. The number of methoxy groups -OCH3 is 1. The summed E-state index contributed by atoms with van der Waals surface area (Å²) in [6.45, 7) is 0. The fourth-order valence-corrected chi connectivity index (χ4v) is 3.11. The Labute approximate surface area is 171 Å². The normalized spacial score (nSPS) is 10.7. The van der Waals surface area contributed by atoms with Crippen LogP contribution in [0.1, 0.15) is 10.4 Å². The van der Waals surface area contributed by atoms with Crippen LogP contribution in [0.2, 0.25) is 0 Å². The Balaban J connectivity index is 1.85. The minimum atomic E-state index is -0.536. The minimum absolute atomic E-state index is 0.161. The number of fused-ring (bicyclic) bond motifs is 1. The largest absolute Gasteiger partial charge is 0.497 e. The molecule has 4 rings (SSSR count). The molecule has 2 heterocycles. The van der Waals surface area contributed by atoms with Crippen molar-refractivity contribution in [2.75, 3.05) is 12.4 Å². The third-order valence-corrected chi connectivity index (χ3v) is 4.72. The molecule has 0 radical (unpaired) electrons. The van der Waals surface area contributed by atoms with Crippen molar-refractivity contribution in [2.45, 2.75) is 0 Å². The Morgan fingerprint density at radius 1 is 1.03 bits per heavy atom. The van der Waals surface area contributed by atoms with Crippen LogP contribution in [0.4, 0.5) is 5.69 Å². The highest BCUT2D eigenvalue weighted by molar-refractivity contribution is 6.05. The van der Waals surface area contributed by atoms with Crippen molar-refractivity contribution in [3.05, 3.63) is 93.3 Å². The number of anilines is 1. The average Bonchev–Trinajstić information content (AvgIpc) is 2.78. The third kappa shape index (κ3) is 3.35. The number of para-hydroxylation sites is 1. The van der Waals surface area contributed by atoms with E-state index in [0.29, 0.717) is 17.1 Å². The van der Waals surface area contributed by atoms with Gasteiger partial charge >= 0.3 is 5.69 Å². The van der Waals surface area contributed by atoms with Crippen molar-refractivity contribution in [3.8, 4) is 11.4 Å². The molecule has 2 aromatic carbocycles. The van der Waals surface area contributed by atoms with Crippen LogP contribution in [-0.4, -0.2) is 27.1 Å². The molecule has 0 unspecified atom stereocenters. The number of benzene rings is 2. The topological polar surface area (TPSA) is 95.2 Å². The number of hydrogen-bond donors (Lipinski definition) is 1. The average molecular weight is 402 g/mol. The summed E-state index contributed by atoms with van der Waals surface area (Å²) in [5.41, 5.74) is 0.468. The summed E-state index contributed by atoms with van der Waals surface area (Å²) in [6.07, 6.45) is 1.35. The van der Waals surface area contributed by atoms with Crippen LogP contribution in [0.3, 0.4) is 0 Å². The number of ether oxygens (including phenoxy) is 1. The van der Waals surface area contributed by atoms with Crippen LogP contribution in [0, 0.1) is 0 Å². The van der Waals surface area contributed by atoms with E-state index in [4.69, 9.17) is 4.74 Å². The molecular formula is C22H18N4O4. The van der Waals surface area contributed by atoms with Gasteiger partial charge in [-0.25, -0.2) is 14.3 Å². The van der Waals surface area contributed by atoms with Gasteiger partial charge in [-0.2, -0.15) is 0 Å². The van der Waals surface area contributed by atoms with Gasteiger partial charge in [0.05, 0.1) is 23.7 Å². The first kappa shape index (κ1) is 19.1. The van der Waals surface area contributed by atoms with Gasteiger partial charge in [-0.1, -0.05) is 18.2 Å². The maximum atomic E-state index is 12.8. The second kappa shape index (κ2) is 7.67. The molecule has 1 amide bonds. The van der Waals surface area contributed by atoms with E-state index in [1.54, 1.807) is 55.6 Å². The molecule has 0 aliphatic rings. The lowest BCUT2D eigenvalue weighted by Crippen LogP contribution is -2.38. The van der Waals surface area contributed by atoms with E-state index >= 15 is 0 Å². The number of carbonyl (C=O) groups excluding carboxylic acids is 1. The van der Waals surface area contributed by atoms with E-state index in [1.165, 1.54) is 23.9 Å². The molecule has 0 saturated heterocycles. The highest BCUT2D eigenvalue weighted by Gasteiger charge is 2.16. The van der Waals surface area contributed by atoms with E-state index in [0.717, 1.165) is 4.57 Å². The number of carbonyl (C=O) groups is 1. The Hall–Kier alpha value is -4.20. The van der Waals surface area contributed by atoms with Gasteiger partial charge in [-0.05, 0) is 42.5 Å². The number of aromatic nitrogens is 3. The molecule has 150 valence electrons. The SMILES string of the molecule is COc1ccc(-n2c(=O)n(C)c(=O)c3cc(C(=O)Nc4ccccc4)cnc32)cc1. The predicted molar refractivity (Wildman–Crippen MR) is 114 cm³/mol. The van der Waals surface area contributed by atoms with Crippen LogP contribution in [-0.2, 0) is 7.05 Å². The van der Waals surface area contributed by atoms with Gasteiger partial charge in [0.2, 0.25) is 0 Å². The Morgan fingerprint density at radius 3 is 2.40 bits per heavy atom. The van der Waals surface area contributed by atoms with E-state index in [2.05, 4.69) is 10.3 Å². The Morgan fingerprint density at radius 2 is 1.73 bits per heavy atom. The number of nitrogens with one attached hydrogen (secondary N) is 1. The zero-order valence-corrected chi connectivity index (χ0v) is 16.3. The molecule has 2 aromatic heterocycles. The number of hydrogen-bond acceptors (Lipinski definition) is 5. The fraction of sp³-hybridized carbons (Fsp3) is 0.0909. The molecule has 0 fully saturated rings. The lowest BCUT2D eigenvalue weighted by Gasteiger charge is -2.12. The lowest BCUT2D eigenvalue weighted by atomic mass is 10.2. The van der Waals surface area contributed by atoms with Gasteiger partial charge in [0.1, 0.15) is 5.75 Å². The van der Waals surface area contributed by atoms with Gasteiger partial charge in [-0.3, -0.25) is 14.2 Å². The zero-order chi connectivity index (χ0) is 21.3. The van der Waals surface area contributed by atoms with E-state index < -0.39 is 17.2 Å². The second-order valence-electron chi connectivity index (χ2n) is 6.60. The molecule has 8 nitrogen and oxygen atoms in total. The molecule has 0 aliphatic carbocycles. The van der Waals surface area contributed by atoms with Crippen LogP contribution in [0.25, 0.3) is 16.7 Å². The lowest BCUT2D eigenvalue weighted by molar-refractivity contribution is 0.102. The smallest absolute Gasteiger partial charge is 0.337 e. The van der Waals surface area contributed by atoms with Crippen molar-refractivity contribution in [2.24, 2.45) is 7.05 Å². The van der Waals surface area contributed by atoms with Crippen molar-refractivity contribution < 1.29 is 9.53 Å². The van der Waals surface area contributed by atoms with Crippen LogP contribution in [0.15, 0.2) is 76.4 Å². The maximum Gasteiger partial charge on any atom is 0.337 e. The quantitative estimate of drug-likeness (QED) is 0.565. The van der Waals surface area contributed by atoms with Gasteiger partial charge < -0.3 is 10.1 Å². The summed E-state index contributed by atoms with van der Waals surface area (Å²) in [5.74, 6) is 0.230. The first-order valence-electron chi connectivity index (χ1n) is 9.12. The maximum absolute atomic E-state index is 12.8. The minimum Gasteiger partial charge on any atom is -0.497 e. The Kier molecular flexibility index (Phi) is 4.89. The molecule has 0 bridgehead atoms. The molecule has 4 aromatic rings. The van der Waals surface area contributed by atoms with Gasteiger partial charge in [0, 0.05) is 18.9 Å². The van der Waals surface area contributed by atoms with Crippen LogP contribution < -0.4 is 21.3 Å². The molecule has 1 N–H and O–H groups in total. The molecule has 8 heteroatoms. The standard InChI is InChI=1S/C22H18N4O4/c1-25-21(28)18-12-14(20(27)24-15-6-4-3-5-7-15)13-23-19(18)26(22(25)29)16-8-10-17(30-2)11-9-16/h3-13H,1-2H3,(H,24,27). The number of pyridine rings is 1. The fourth-order valence-electron chi connectivity index (χ4n) is 3.11. The van der Waals surface area contributed by atoms with Crippen molar-refractivity contribution in [1.82, 2.24) is 14.1 Å². The first-order chi connectivity index (χ1) is 14.5. The summed E-state index contributed by atoms with van der Waals surface area (Å²) in [5, 5.41) is 2.92. The molecule has 30 heavy (non-hydrogen) atoms. The highest BCUT2D eigenvalue weighted by Crippen LogP contribution is 2.17.